The minimum atomic E-state index is -0.939. The Morgan fingerprint density at radius 1 is 1.11 bits per heavy atom. The number of ether oxygens (including phenoxy) is 3. The van der Waals surface area contributed by atoms with Crippen LogP contribution in [0.1, 0.15) is 38.3 Å². The Labute approximate surface area is 269 Å². The fourth-order valence-electron chi connectivity index (χ4n) is 7.69. The predicted molar refractivity (Wildman–Crippen MR) is 169 cm³/mol. The zero-order valence-corrected chi connectivity index (χ0v) is 26.0. The lowest BCUT2D eigenvalue weighted by molar-refractivity contribution is -0.167. The number of benzene rings is 2. The molecule has 4 aromatic rings. The Balaban J connectivity index is 1.32. The third-order valence-corrected chi connectivity index (χ3v) is 9.99. The lowest BCUT2D eigenvalue weighted by Crippen LogP contribution is -2.54. The fraction of sp³-hybridized carbons (Fsp3) is 0.457. The number of pyridine rings is 1. The molecule has 1 unspecified atom stereocenters. The highest BCUT2D eigenvalue weighted by atomic mass is 19.1. The van der Waals surface area contributed by atoms with Gasteiger partial charge in [0.05, 0.1) is 37.3 Å². The summed E-state index contributed by atoms with van der Waals surface area (Å²) in [5, 5.41) is 11.7. The molecule has 4 saturated heterocycles. The van der Waals surface area contributed by atoms with Crippen LogP contribution in [-0.4, -0.2) is 94.9 Å². The zero-order chi connectivity index (χ0) is 32.3. The van der Waals surface area contributed by atoms with E-state index in [9.17, 15) is 13.9 Å². The van der Waals surface area contributed by atoms with E-state index in [1.807, 2.05) is 4.90 Å². The molecule has 4 fully saturated rings. The molecule has 6 heterocycles. The first-order chi connectivity index (χ1) is 22.8. The van der Waals surface area contributed by atoms with Gasteiger partial charge in [-0.15, -0.1) is 0 Å². The summed E-state index contributed by atoms with van der Waals surface area (Å²) in [6, 6.07) is 6.85. The minimum Gasteiger partial charge on any atom is -0.508 e. The van der Waals surface area contributed by atoms with E-state index in [0.29, 0.717) is 67.9 Å². The number of alkyl halides is 1. The molecule has 1 N–H and O–H groups in total. The second-order valence-corrected chi connectivity index (χ2v) is 13.0. The molecule has 4 aliphatic heterocycles. The molecule has 1 spiro atoms. The van der Waals surface area contributed by atoms with Gasteiger partial charge in [0.25, 0.3) is 0 Å². The van der Waals surface area contributed by atoms with E-state index in [1.54, 1.807) is 6.92 Å². The highest BCUT2D eigenvalue weighted by Crippen LogP contribution is 2.42. The smallest absolute Gasteiger partial charge is 0.319 e. The summed E-state index contributed by atoms with van der Waals surface area (Å²) in [5.41, 5.74) is -0.809. The molecule has 0 bridgehead atoms. The molecule has 0 amide bonds. The number of halogens is 3. The molecule has 244 valence electrons. The van der Waals surface area contributed by atoms with Crippen LogP contribution in [0, 0.1) is 23.5 Å². The van der Waals surface area contributed by atoms with Crippen molar-refractivity contribution >= 4 is 27.5 Å². The lowest BCUT2D eigenvalue weighted by Gasteiger charge is -2.43. The molecule has 0 saturated carbocycles. The topological polar surface area (TPSA) is 93.1 Å². The van der Waals surface area contributed by atoms with E-state index in [4.69, 9.17) is 19.2 Å². The summed E-state index contributed by atoms with van der Waals surface area (Å²) < 4.78 is 64.2. The average molecular weight is 646 g/mol. The third kappa shape index (κ3) is 5.21. The normalized spacial score (nSPS) is 25.9. The van der Waals surface area contributed by atoms with Gasteiger partial charge in [0.15, 0.2) is 5.82 Å². The van der Waals surface area contributed by atoms with Crippen molar-refractivity contribution in [3.05, 3.63) is 47.7 Å². The van der Waals surface area contributed by atoms with Gasteiger partial charge in [-0.2, -0.15) is 9.97 Å². The van der Waals surface area contributed by atoms with Crippen molar-refractivity contribution in [2.45, 2.75) is 49.9 Å². The quantitative estimate of drug-likeness (QED) is 0.296. The van der Waals surface area contributed by atoms with Gasteiger partial charge in [0, 0.05) is 31.5 Å². The molecule has 2 aromatic heterocycles. The Morgan fingerprint density at radius 3 is 2.79 bits per heavy atom. The van der Waals surface area contributed by atoms with Crippen LogP contribution in [0.25, 0.3) is 32.9 Å². The van der Waals surface area contributed by atoms with Crippen molar-refractivity contribution in [2.75, 3.05) is 57.5 Å². The first-order valence-electron chi connectivity index (χ1n) is 16.0. The number of phenols is 1. The SMILES string of the molecule is CC#Cc1nc(-c2cc(O)cc3ccc(F)cc23)c(F)c2nc(OC[C@@]34CCCN3C[C@H](F)C4)nc(N3CCOCC4(CCO4)C3)c12. The number of aromatic nitrogens is 3. The summed E-state index contributed by atoms with van der Waals surface area (Å²) in [6.07, 6.45) is 1.95. The van der Waals surface area contributed by atoms with Crippen LogP contribution in [0.5, 0.6) is 11.8 Å². The number of hydrogen-bond acceptors (Lipinski definition) is 9. The van der Waals surface area contributed by atoms with E-state index >= 15 is 4.39 Å². The van der Waals surface area contributed by atoms with Gasteiger partial charge in [-0.25, -0.2) is 18.2 Å². The first kappa shape index (κ1) is 30.2. The summed E-state index contributed by atoms with van der Waals surface area (Å²) in [6.45, 7) is 5.30. The van der Waals surface area contributed by atoms with Crippen LogP contribution in [-0.2, 0) is 9.47 Å². The molecule has 0 aliphatic carbocycles. The van der Waals surface area contributed by atoms with Gasteiger partial charge in [0.2, 0.25) is 0 Å². The third-order valence-electron chi connectivity index (χ3n) is 9.99. The molecule has 8 rings (SSSR count). The van der Waals surface area contributed by atoms with Crippen molar-refractivity contribution in [2.24, 2.45) is 0 Å². The Morgan fingerprint density at radius 2 is 1.98 bits per heavy atom. The van der Waals surface area contributed by atoms with Crippen molar-refractivity contribution < 1.29 is 32.5 Å². The number of phenolic OH excluding ortho intramolecular Hbond substituents is 1. The second kappa shape index (κ2) is 11.5. The summed E-state index contributed by atoms with van der Waals surface area (Å²) in [4.78, 5) is 18.3. The van der Waals surface area contributed by atoms with Gasteiger partial charge in [-0.05, 0) is 67.3 Å². The van der Waals surface area contributed by atoms with Crippen LogP contribution in [0.15, 0.2) is 30.3 Å². The number of rotatable bonds is 5. The number of hydrogen-bond donors (Lipinski definition) is 1. The summed E-state index contributed by atoms with van der Waals surface area (Å²) in [5.74, 6) is 4.83. The van der Waals surface area contributed by atoms with Crippen LogP contribution < -0.4 is 9.64 Å². The molecule has 12 heteroatoms. The highest BCUT2D eigenvalue weighted by molar-refractivity contribution is 6.01. The van der Waals surface area contributed by atoms with E-state index in [1.165, 1.54) is 30.3 Å². The Kier molecular flexibility index (Phi) is 7.39. The largest absolute Gasteiger partial charge is 0.508 e. The van der Waals surface area contributed by atoms with E-state index in [2.05, 4.69) is 26.7 Å². The number of aromatic hydroxyl groups is 1. The van der Waals surface area contributed by atoms with E-state index in [-0.39, 0.29) is 40.8 Å². The van der Waals surface area contributed by atoms with E-state index < -0.39 is 28.9 Å². The molecule has 3 atom stereocenters. The second-order valence-electron chi connectivity index (χ2n) is 13.0. The number of fused-ring (bicyclic) bond motifs is 3. The molecule has 2 aromatic carbocycles. The zero-order valence-electron chi connectivity index (χ0n) is 26.0. The van der Waals surface area contributed by atoms with E-state index in [0.717, 1.165) is 25.8 Å². The Hall–Kier alpha value is -4.18. The van der Waals surface area contributed by atoms with Gasteiger partial charge in [-0.3, -0.25) is 4.90 Å². The van der Waals surface area contributed by atoms with Gasteiger partial charge >= 0.3 is 6.01 Å². The van der Waals surface area contributed by atoms with Crippen molar-refractivity contribution in [3.63, 3.8) is 0 Å². The van der Waals surface area contributed by atoms with Crippen molar-refractivity contribution in [3.8, 4) is 34.9 Å². The molecular weight excluding hydrogens is 611 g/mol. The van der Waals surface area contributed by atoms with Crippen LogP contribution in [0.2, 0.25) is 0 Å². The molecule has 47 heavy (non-hydrogen) atoms. The molecule has 4 aliphatic rings. The monoisotopic (exact) mass is 645 g/mol. The number of anilines is 1. The lowest BCUT2D eigenvalue weighted by atomic mass is 9.95. The fourth-order valence-corrected chi connectivity index (χ4v) is 7.69. The van der Waals surface area contributed by atoms with Crippen LogP contribution in [0.4, 0.5) is 19.0 Å². The molecular formula is C35H34F3N5O4. The molecule has 9 nitrogen and oxygen atoms in total. The van der Waals surface area contributed by atoms with Crippen LogP contribution >= 0.6 is 0 Å². The average Bonchev–Trinajstić information content (AvgIpc) is 3.45. The predicted octanol–water partition coefficient (Wildman–Crippen LogP) is 5.15. The summed E-state index contributed by atoms with van der Waals surface area (Å²) in [7, 11) is 0. The van der Waals surface area contributed by atoms with Crippen molar-refractivity contribution in [1.82, 2.24) is 19.9 Å². The summed E-state index contributed by atoms with van der Waals surface area (Å²) >= 11 is 0. The first-order valence-corrected chi connectivity index (χ1v) is 16.0. The maximum Gasteiger partial charge on any atom is 0.319 e. The number of nitrogens with zero attached hydrogens (tertiary/aromatic N) is 5. The maximum atomic E-state index is 17.0. The Bertz CT molecular complexity index is 1960. The van der Waals surface area contributed by atoms with Gasteiger partial charge in [-0.1, -0.05) is 12.0 Å². The standard InChI is InChI=1S/C35H34F3N5O4/c1-2-4-27-28-31(29(38)30(39-27)26-15-24(44)13-21-5-6-22(36)14-25(21)26)40-33(46-19-34-7-3-9-43(34)17-23(37)16-34)41-32(28)42-10-12-45-20-35(18-42)8-11-47-35/h5-6,13-15,23,44H,3,7-12,16-20H2,1H3/t23-,34+,35?/m1/s1. The minimum absolute atomic E-state index is 0.0527. The van der Waals surface area contributed by atoms with Crippen LogP contribution in [0.3, 0.4) is 0 Å². The molecule has 0 radical (unpaired) electrons. The highest BCUT2D eigenvalue weighted by Gasteiger charge is 2.49. The van der Waals surface area contributed by atoms with Gasteiger partial charge < -0.3 is 24.2 Å². The van der Waals surface area contributed by atoms with Gasteiger partial charge in [0.1, 0.15) is 52.7 Å². The van der Waals surface area contributed by atoms with Crippen molar-refractivity contribution in [1.29, 1.82) is 0 Å². The maximum absolute atomic E-state index is 17.0.